The Balaban J connectivity index is 2.78. The van der Waals surface area contributed by atoms with E-state index >= 15 is 0 Å². The number of rotatable bonds is 13. The molecule has 0 aliphatic heterocycles. The fourth-order valence-corrected chi connectivity index (χ4v) is 2.32. The lowest BCUT2D eigenvalue weighted by atomic mass is 10.1. The summed E-state index contributed by atoms with van der Waals surface area (Å²) in [6.07, 6.45) is 1.27. The first kappa shape index (κ1) is 25.0. The summed E-state index contributed by atoms with van der Waals surface area (Å²) in [7, 11) is 0. The third-order valence-corrected chi connectivity index (χ3v) is 3.80. The van der Waals surface area contributed by atoms with Gasteiger partial charge >= 0.3 is 11.9 Å². The molecule has 170 valence electrons. The van der Waals surface area contributed by atoms with Gasteiger partial charge in [-0.05, 0) is 0 Å². The Labute approximate surface area is 174 Å². The lowest BCUT2D eigenvalue weighted by molar-refractivity contribution is -0.143. The number of carbonyl (C=O) groups is 6. The SMILES string of the molecule is NC(=O)CC(NC(=O)C(Cc1cnc[nH]1)NC(=O)CNC(=O)C(N)CC(=O)O)C(=O)O. The van der Waals surface area contributed by atoms with Crippen LogP contribution in [0.4, 0.5) is 0 Å². The van der Waals surface area contributed by atoms with E-state index in [-0.39, 0.29) is 6.42 Å². The molecule has 4 amide bonds. The van der Waals surface area contributed by atoms with E-state index < -0.39 is 73.1 Å². The van der Waals surface area contributed by atoms with E-state index in [2.05, 4.69) is 25.9 Å². The van der Waals surface area contributed by atoms with Crippen molar-refractivity contribution in [1.29, 1.82) is 0 Å². The maximum absolute atomic E-state index is 12.5. The number of carboxylic acid groups (broad SMARTS) is 2. The van der Waals surface area contributed by atoms with E-state index in [9.17, 15) is 28.8 Å². The molecule has 1 aromatic rings. The molecule has 0 radical (unpaired) electrons. The smallest absolute Gasteiger partial charge is 0.326 e. The number of imidazole rings is 1. The van der Waals surface area contributed by atoms with Crippen LogP contribution in [0.3, 0.4) is 0 Å². The highest BCUT2D eigenvalue weighted by Crippen LogP contribution is 2.01. The van der Waals surface area contributed by atoms with Crippen LogP contribution in [-0.4, -0.2) is 80.4 Å². The van der Waals surface area contributed by atoms with Gasteiger partial charge in [0.05, 0.1) is 31.8 Å². The molecule has 0 fully saturated rings. The zero-order valence-electron chi connectivity index (χ0n) is 16.2. The maximum atomic E-state index is 12.5. The number of aliphatic carboxylic acids is 2. The average Bonchev–Trinajstić information content (AvgIpc) is 3.17. The first-order valence-electron chi connectivity index (χ1n) is 8.82. The number of amides is 4. The average molecular weight is 441 g/mol. The van der Waals surface area contributed by atoms with Crippen LogP contribution >= 0.6 is 0 Å². The van der Waals surface area contributed by atoms with Crippen molar-refractivity contribution in [3.8, 4) is 0 Å². The second-order valence-corrected chi connectivity index (χ2v) is 6.39. The number of carboxylic acids is 2. The molecule has 1 heterocycles. The minimum Gasteiger partial charge on any atom is -0.481 e. The molecule has 1 rings (SSSR count). The van der Waals surface area contributed by atoms with Crippen LogP contribution in [0.2, 0.25) is 0 Å². The van der Waals surface area contributed by atoms with Crippen LogP contribution in [0.15, 0.2) is 12.5 Å². The summed E-state index contributed by atoms with van der Waals surface area (Å²) in [4.78, 5) is 75.7. The first-order valence-corrected chi connectivity index (χ1v) is 8.82. The van der Waals surface area contributed by atoms with Crippen molar-refractivity contribution < 1.29 is 39.0 Å². The van der Waals surface area contributed by atoms with Gasteiger partial charge in [0, 0.05) is 18.3 Å². The summed E-state index contributed by atoms with van der Waals surface area (Å²) < 4.78 is 0. The van der Waals surface area contributed by atoms with E-state index in [0.29, 0.717) is 5.69 Å². The molecule has 3 unspecified atom stereocenters. The fraction of sp³-hybridized carbons (Fsp3) is 0.438. The third kappa shape index (κ3) is 9.35. The molecular formula is C16H23N7O8. The summed E-state index contributed by atoms with van der Waals surface area (Å²) in [5.41, 5.74) is 10.8. The molecular weight excluding hydrogens is 418 g/mol. The standard InChI is InChI=1S/C16H23N7O8/c17-8(2-13(26)27)14(28)20-5-12(25)22-9(1-7-4-19-6-21-7)15(29)23-10(16(30)31)3-11(18)24/h4,6,8-10H,1-3,5,17H2,(H2,18,24)(H,19,21)(H,20,28)(H,22,25)(H,23,29)(H,26,27)(H,30,31). The predicted molar refractivity (Wildman–Crippen MR) is 101 cm³/mol. The molecule has 15 nitrogen and oxygen atoms in total. The molecule has 31 heavy (non-hydrogen) atoms. The lowest BCUT2D eigenvalue weighted by Crippen LogP contribution is -2.55. The number of aromatic nitrogens is 2. The molecule has 3 atom stereocenters. The van der Waals surface area contributed by atoms with Gasteiger partial charge < -0.3 is 42.6 Å². The highest BCUT2D eigenvalue weighted by Gasteiger charge is 2.28. The molecule has 0 spiro atoms. The monoisotopic (exact) mass is 441 g/mol. The number of nitrogens with one attached hydrogen (secondary N) is 4. The number of primary amides is 1. The Bertz CT molecular complexity index is 826. The Morgan fingerprint density at radius 1 is 1.03 bits per heavy atom. The highest BCUT2D eigenvalue weighted by molar-refractivity contribution is 5.94. The van der Waals surface area contributed by atoms with E-state index in [1.54, 1.807) is 0 Å². The summed E-state index contributed by atoms with van der Waals surface area (Å²) in [6.45, 7) is -0.622. The number of H-pyrrole nitrogens is 1. The van der Waals surface area contributed by atoms with Gasteiger partial charge in [-0.15, -0.1) is 0 Å². The van der Waals surface area contributed by atoms with E-state index in [0.717, 1.165) is 0 Å². The van der Waals surface area contributed by atoms with Crippen molar-refractivity contribution in [2.45, 2.75) is 37.4 Å². The molecule has 0 bridgehead atoms. The van der Waals surface area contributed by atoms with Crippen molar-refractivity contribution >= 4 is 35.6 Å². The molecule has 0 saturated heterocycles. The zero-order valence-corrected chi connectivity index (χ0v) is 16.2. The number of aromatic amines is 1. The van der Waals surface area contributed by atoms with Crippen molar-refractivity contribution in [2.24, 2.45) is 11.5 Å². The lowest BCUT2D eigenvalue weighted by Gasteiger charge is -2.21. The van der Waals surface area contributed by atoms with Crippen LogP contribution in [0.5, 0.6) is 0 Å². The number of nitrogens with zero attached hydrogens (tertiary/aromatic N) is 1. The Morgan fingerprint density at radius 3 is 2.23 bits per heavy atom. The van der Waals surface area contributed by atoms with Gasteiger partial charge in [0.2, 0.25) is 23.6 Å². The molecule has 0 aliphatic rings. The van der Waals surface area contributed by atoms with E-state index in [1.807, 2.05) is 0 Å². The van der Waals surface area contributed by atoms with Gasteiger partial charge in [-0.1, -0.05) is 0 Å². The summed E-state index contributed by atoms with van der Waals surface area (Å²) in [5.74, 6) is -6.41. The number of nitrogens with two attached hydrogens (primary N) is 2. The number of carbonyl (C=O) groups excluding carboxylic acids is 4. The quantitative estimate of drug-likeness (QED) is 0.146. The number of hydrogen-bond donors (Lipinski definition) is 8. The van der Waals surface area contributed by atoms with E-state index in [1.165, 1.54) is 12.5 Å². The van der Waals surface area contributed by atoms with Crippen molar-refractivity contribution in [2.75, 3.05) is 6.54 Å². The van der Waals surface area contributed by atoms with Crippen molar-refractivity contribution in [1.82, 2.24) is 25.9 Å². The topological polar surface area (TPSA) is 260 Å². The van der Waals surface area contributed by atoms with E-state index in [4.69, 9.17) is 21.7 Å². The molecule has 1 aromatic heterocycles. The predicted octanol–water partition coefficient (Wildman–Crippen LogP) is -4.20. The van der Waals surface area contributed by atoms with Gasteiger partial charge in [0.25, 0.3) is 0 Å². The van der Waals surface area contributed by atoms with Gasteiger partial charge in [-0.3, -0.25) is 24.0 Å². The summed E-state index contributed by atoms with van der Waals surface area (Å²) in [5, 5.41) is 24.3. The molecule has 10 N–H and O–H groups in total. The summed E-state index contributed by atoms with van der Waals surface area (Å²) in [6, 6.07) is -4.29. The molecule has 0 aliphatic carbocycles. The minimum atomic E-state index is -1.61. The Hall–Kier alpha value is -4.01. The Kier molecular flexibility index (Phi) is 9.58. The van der Waals surface area contributed by atoms with Gasteiger partial charge in [-0.25, -0.2) is 9.78 Å². The molecule has 0 aromatic carbocycles. The van der Waals surface area contributed by atoms with Crippen molar-refractivity contribution in [3.05, 3.63) is 18.2 Å². The second-order valence-electron chi connectivity index (χ2n) is 6.39. The second kappa shape index (κ2) is 11.9. The Morgan fingerprint density at radius 2 is 1.71 bits per heavy atom. The zero-order chi connectivity index (χ0) is 23.6. The number of hydrogen-bond acceptors (Lipinski definition) is 8. The van der Waals surface area contributed by atoms with Crippen LogP contribution in [-0.2, 0) is 35.2 Å². The van der Waals surface area contributed by atoms with Gasteiger partial charge in [-0.2, -0.15) is 0 Å². The normalized spacial score (nSPS) is 13.3. The van der Waals surface area contributed by atoms with Gasteiger partial charge in [0.15, 0.2) is 0 Å². The van der Waals surface area contributed by atoms with Crippen LogP contribution in [0.25, 0.3) is 0 Å². The van der Waals surface area contributed by atoms with Crippen LogP contribution in [0, 0.1) is 0 Å². The fourth-order valence-electron chi connectivity index (χ4n) is 2.32. The largest absolute Gasteiger partial charge is 0.481 e. The molecule has 15 heteroatoms. The van der Waals surface area contributed by atoms with Gasteiger partial charge in [0.1, 0.15) is 12.1 Å². The highest BCUT2D eigenvalue weighted by atomic mass is 16.4. The first-order chi connectivity index (χ1) is 14.5. The molecule has 0 saturated carbocycles. The van der Waals surface area contributed by atoms with Crippen LogP contribution < -0.4 is 27.4 Å². The third-order valence-electron chi connectivity index (χ3n) is 3.80. The maximum Gasteiger partial charge on any atom is 0.326 e. The van der Waals surface area contributed by atoms with Crippen molar-refractivity contribution in [3.63, 3.8) is 0 Å². The minimum absolute atomic E-state index is 0.118. The summed E-state index contributed by atoms with van der Waals surface area (Å²) >= 11 is 0. The van der Waals surface area contributed by atoms with Crippen LogP contribution in [0.1, 0.15) is 18.5 Å².